The molecule has 1 aromatic heterocycles. The molecule has 0 saturated heterocycles. The van der Waals surface area contributed by atoms with Gasteiger partial charge in [0.25, 0.3) is 0 Å². The third-order valence-corrected chi connectivity index (χ3v) is 2.16. The lowest BCUT2D eigenvalue weighted by molar-refractivity contribution is 0.141. The van der Waals surface area contributed by atoms with Gasteiger partial charge in [-0.05, 0) is 31.9 Å². The van der Waals surface area contributed by atoms with Crippen molar-refractivity contribution in [3.8, 4) is 0 Å². The smallest absolute Gasteiger partial charge is 0.0776 e. The van der Waals surface area contributed by atoms with Crippen LogP contribution in [0.3, 0.4) is 0 Å². The molecule has 1 unspecified atom stereocenters. The van der Waals surface area contributed by atoms with Gasteiger partial charge in [0.1, 0.15) is 0 Å². The highest BCUT2D eigenvalue weighted by atomic mass is 16.5. The summed E-state index contributed by atoms with van der Waals surface area (Å²) in [4.78, 5) is 0. The van der Waals surface area contributed by atoms with E-state index in [0.717, 1.165) is 31.7 Å². The van der Waals surface area contributed by atoms with Crippen molar-refractivity contribution in [2.75, 3.05) is 13.2 Å². The number of ether oxygens (including phenoxy) is 1. The fourth-order valence-electron chi connectivity index (χ4n) is 1.34. The molecule has 0 bridgehead atoms. The van der Waals surface area contributed by atoms with E-state index in [-0.39, 0.29) is 6.10 Å². The fraction of sp³-hybridized carbons (Fsp3) is 0.636. The van der Waals surface area contributed by atoms with E-state index in [0.29, 0.717) is 0 Å². The molecule has 0 aliphatic carbocycles. The molecule has 0 saturated carbocycles. The van der Waals surface area contributed by atoms with E-state index in [1.807, 2.05) is 25.4 Å². The summed E-state index contributed by atoms with van der Waals surface area (Å²) < 4.78 is 7.33. The number of aliphatic hydroxyl groups is 1. The summed E-state index contributed by atoms with van der Waals surface area (Å²) in [6.07, 6.45) is 4.62. The highest BCUT2D eigenvalue weighted by molar-refractivity contribution is 5.12. The molecule has 3 heteroatoms. The van der Waals surface area contributed by atoms with Crippen LogP contribution in [0.2, 0.25) is 0 Å². The summed E-state index contributed by atoms with van der Waals surface area (Å²) >= 11 is 0. The van der Waals surface area contributed by atoms with E-state index in [1.165, 1.54) is 0 Å². The van der Waals surface area contributed by atoms with Gasteiger partial charge in [-0.1, -0.05) is 0 Å². The normalized spacial score (nSPS) is 13.1. The third kappa shape index (κ3) is 3.52. The molecule has 0 aliphatic heterocycles. The lowest BCUT2D eigenvalue weighted by atomic mass is 10.2. The molecule has 0 fully saturated rings. The number of rotatable bonds is 6. The number of nitrogens with zero attached hydrogens (tertiary/aromatic N) is 1. The summed E-state index contributed by atoms with van der Waals surface area (Å²) in [5.74, 6) is 0. The Morgan fingerprint density at radius 1 is 1.57 bits per heavy atom. The lowest BCUT2D eigenvalue weighted by Gasteiger charge is -2.03. The Morgan fingerprint density at radius 3 is 2.93 bits per heavy atom. The van der Waals surface area contributed by atoms with Gasteiger partial charge in [0.15, 0.2) is 0 Å². The van der Waals surface area contributed by atoms with Crippen molar-refractivity contribution in [1.29, 1.82) is 0 Å². The topological polar surface area (TPSA) is 34.4 Å². The fourth-order valence-corrected chi connectivity index (χ4v) is 1.34. The van der Waals surface area contributed by atoms with Crippen molar-refractivity contribution in [3.05, 3.63) is 24.0 Å². The Kier molecular flexibility index (Phi) is 4.70. The van der Waals surface area contributed by atoms with Gasteiger partial charge >= 0.3 is 0 Å². The van der Waals surface area contributed by atoms with Gasteiger partial charge in [-0.3, -0.25) is 0 Å². The Bertz CT molecular complexity index is 256. The van der Waals surface area contributed by atoms with Gasteiger partial charge in [-0.15, -0.1) is 0 Å². The average Bonchev–Trinajstić information content (AvgIpc) is 2.61. The zero-order chi connectivity index (χ0) is 10.4. The van der Waals surface area contributed by atoms with Crippen molar-refractivity contribution in [2.45, 2.75) is 32.9 Å². The molecular weight excluding hydrogens is 178 g/mol. The Morgan fingerprint density at radius 2 is 2.36 bits per heavy atom. The Hall–Kier alpha value is -0.800. The second-order valence-corrected chi connectivity index (χ2v) is 3.41. The molecule has 14 heavy (non-hydrogen) atoms. The molecule has 0 aliphatic rings. The maximum atomic E-state index is 9.31. The molecule has 3 nitrogen and oxygen atoms in total. The largest absolute Gasteiger partial charge is 0.389 e. The average molecular weight is 197 g/mol. The Labute approximate surface area is 85.3 Å². The number of aromatic nitrogens is 1. The van der Waals surface area contributed by atoms with Crippen molar-refractivity contribution in [1.82, 2.24) is 4.57 Å². The van der Waals surface area contributed by atoms with E-state index >= 15 is 0 Å². The summed E-state index contributed by atoms with van der Waals surface area (Å²) in [5.41, 5.74) is 0.974. The van der Waals surface area contributed by atoms with E-state index in [9.17, 15) is 5.11 Å². The van der Waals surface area contributed by atoms with E-state index in [2.05, 4.69) is 4.57 Å². The summed E-state index contributed by atoms with van der Waals surface area (Å²) in [6.45, 7) is 6.32. The molecule has 1 aromatic rings. The molecular formula is C11H19NO2. The second kappa shape index (κ2) is 5.83. The van der Waals surface area contributed by atoms with Gasteiger partial charge in [0, 0.05) is 32.2 Å². The van der Waals surface area contributed by atoms with Gasteiger partial charge in [0.05, 0.1) is 6.10 Å². The second-order valence-electron chi connectivity index (χ2n) is 3.41. The monoisotopic (exact) mass is 197 g/mol. The first-order valence-corrected chi connectivity index (χ1v) is 5.15. The minimum atomic E-state index is -0.372. The Balaban J connectivity index is 2.29. The molecule has 0 aromatic carbocycles. The van der Waals surface area contributed by atoms with E-state index < -0.39 is 0 Å². The first-order chi connectivity index (χ1) is 6.74. The predicted octanol–water partition coefficient (Wildman–Crippen LogP) is 1.97. The van der Waals surface area contributed by atoms with Crippen LogP contribution >= 0.6 is 0 Å². The van der Waals surface area contributed by atoms with Gasteiger partial charge in [-0.25, -0.2) is 0 Å². The molecule has 0 amide bonds. The van der Waals surface area contributed by atoms with Crippen LogP contribution in [0.5, 0.6) is 0 Å². The number of hydrogen-bond acceptors (Lipinski definition) is 2. The maximum Gasteiger partial charge on any atom is 0.0776 e. The molecule has 0 spiro atoms. The summed E-state index contributed by atoms with van der Waals surface area (Å²) in [5, 5.41) is 9.31. The standard InChI is InChI=1S/C11H19NO2/c1-3-14-8-4-6-12-7-5-11(9-12)10(2)13/h5,7,9-10,13H,3-4,6,8H2,1-2H3. The van der Waals surface area contributed by atoms with Crippen LogP contribution in [-0.2, 0) is 11.3 Å². The number of aliphatic hydroxyl groups excluding tert-OH is 1. The van der Waals surface area contributed by atoms with Crippen LogP contribution in [0.15, 0.2) is 18.5 Å². The zero-order valence-electron chi connectivity index (χ0n) is 8.94. The first kappa shape index (κ1) is 11.3. The predicted molar refractivity (Wildman–Crippen MR) is 56.2 cm³/mol. The van der Waals surface area contributed by atoms with Crippen molar-refractivity contribution in [3.63, 3.8) is 0 Å². The number of aryl methyl sites for hydroxylation is 1. The van der Waals surface area contributed by atoms with Gasteiger partial charge in [0.2, 0.25) is 0 Å². The third-order valence-electron chi connectivity index (χ3n) is 2.16. The molecule has 80 valence electrons. The van der Waals surface area contributed by atoms with Gasteiger partial charge in [-0.2, -0.15) is 0 Å². The SMILES string of the molecule is CCOCCCn1ccc(C(C)O)c1. The van der Waals surface area contributed by atoms with Crippen LogP contribution in [0.4, 0.5) is 0 Å². The van der Waals surface area contributed by atoms with Crippen LogP contribution in [0.1, 0.15) is 31.9 Å². The van der Waals surface area contributed by atoms with Crippen LogP contribution in [0.25, 0.3) is 0 Å². The van der Waals surface area contributed by atoms with Crippen molar-refractivity contribution in [2.24, 2.45) is 0 Å². The van der Waals surface area contributed by atoms with Crippen molar-refractivity contribution < 1.29 is 9.84 Å². The van der Waals surface area contributed by atoms with E-state index in [4.69, 9.17) is 4.74 Å². The molecule has 1 N–H and O–H groups in total. The molecule has 1 heterocycles. The van der Waals surface area contributed by atoms with Crippen molar-refractivity contribution >= 4 is 0 Å². The van der Waals surface area contributed by atoms with E-state index in [1.54, 1.807) is 6.92 Å². The number of hydrogen-bond donors (Lipinski definition) is 1. The summed E-state index contributed by atoms with van der Waals surface area (Å²) in [7, 11) is 0. The minimum absolute atomic E-state index is 0.372. The molecule has 1 atom stereocenters. The molecule has 1 rings (SSSR count). The zero-order valence-corrected chi connectivity index (χ0v) is 8.94. The first-order valence-electron chi connectivity index (χ1n) is 5.15. The minimum Gasteiger partial charge on any atom is -0.389 e. The van der Waals surface area contributed by atoms with Crippen LogP contribution < -0.4 is 0 Å². The van der Waals surface area contributed by atoms with Crippen LogP contribution in [-0.4, -0.2) is 22.9 Å². The highest BCUT2D eigenvalue weighted by Gasteiger charge is 2.01. The lowest BCUT2D eigenvalue weighted by Crippen LogP contribution is -2.00. The summed E-state index contributed by atoms with van der Waals surface area (Å²) in [6, 6.07) is 1.95. The van der Waals surface area contributed by atoms with Gasteiger partial charge < -0.3 is 14.4 Å². The quantitative estimate of drug-likeness (QED) is 0.707. The van der Waals surface area contributed by atoms with Crippen LogP contribution in [0, 0.1) is 0 Å². The molecule has 0 radical (unpaired) electrons. The maximum absolute atomic E-state index is 9.31. The highest BCUT2D eigenvalue weighted by Crippen LogP contribution is 2.11.